The molecule has 0 bridgehead atoms. The van der Waals surface area contributed by atoms with Gasteiger partial charge in [-0.2, -0.15) is 0 Å². The Balaban J connectivity index is 1.68. The Morgan fingerprint density at radius 3 is 2.53 bits per heavy atom. The molecule has 1 saturated heterocycles. The van der Waals surface area contributed by atoms with E-state index in [0.717, 1.165) is 43.3 Å². The fourth-order valence-electron chi connectivity index (χ4n) is 2.77. The van der Waals surface area contributed by atoms with E-state index in [9.17, 15) is 4.79 Å². The zero-order chi connectivity index (χ0) is 13.4. The lowest BCUT2D eigenvalue weighted by Crippen LogP contribution is -2.49. The van der Waals surface area contributed by atoms with Crippen LogP contribution in [-0.4, -0.2) is 47.9 Å². The molecule has 0 unspecified atom stereocenters. The van der Waals surface area contributed by atoms with Crippen LogP contribution in [0.5, 0.6) is 0 Å². The van der Waals surface area contributed by atoms with Gasteiger partial charge in [0.1, 0.15) is 0 Å². The lowest BCUT2D eigenvalue weighted by Gasteiger charge is -2.35. The van der Waals surface area contributed by atoms with Crippen LogP contribution in [0.15, 0.2) is 18.2 Å². The number of anilines is 1. The number of rotatable bonds is 2. The smallest absolute Gasteiger partial charge is 0.254 e. The van der Waals surface area contributed by atoms with Gasteiger partial charge >= 0.3 is 0 Å². The lowest BCUT2D eigenvalue weighted by atomic mass is 10.1. The van der Waals surface area contributed by atoms with Crippen LogP contribution in [-0.2, 0) is 0 Å². The Kier molecular flexibility index (Phi) is 3.19. The number of hydrogen-bond donors (Lipinski definition) is 1. The number of carbonyl (C=O) groups excluding carboxylic acids is 1. The van der Waals surface area contributed by atoms with Crippen molar-refractivity contribution in [3.63, 3.8) is 0 Å². The molecular weight excluding hydrogens is 238 g/mol. The third-order valence-corrected chi connectivity index (χ3v) is 4.16. The van der Waals surface area contributed by atoms with E-state index < -0.39 is 0 Å². The molecule has 1 aliphatic heterocycles. The summed E-state index contributed by atoms with van der Waals surface area (Å²) >= 11 is 0. The van der Waals surface area contributed by atoms with Crippen LogP contribution in [0.3, 0.4) is 0 Å². The first-order chi connectivity index (χ1) is 9.15. The summed E-state index contributed by atoms with van der Waals surface area (Å²) in [5.41, 5.74) is 8.20. The average Bonchev–Trinajstić information content (AvgIpc) is 3.25. The first kappa shape index (κ1) is 12.5. The zero-order valence-electron chi connectivity index (χ0n) is 11.4. The number of hydrogen-bond acceptors (Lipinski definition) is 3. The van der Waals surface area contributed by atoms with E-state index in [0.29, 0.717) is 5.69 Å². The first-order valence-electron chi connectivity index (χ1n) is 7.04. The molecule has 1 aliphatic carbocycles. The van der Waals surface area contributed by atoms with Crippen molar-refractivity contribution in [2.45, 2.75) is 25.8 Å². The third kappa shape index (κ3) is 2.59. The predicted octanol–water partition coefficient (Wildman–Crippen LogP) is 1.50. The van der Waals surface area contributed by atoms with Crippen molar-refractivity contribution in [3.8, 4) is 0 Å². The Bertz CT molecular complexity index is 488. The van der Waals surface area contributed by atoms with Gasteiger partial charge in [0.25, 0.3) is 5.91 Å². The molecule has 2 N–H and O–H groups in total. The largest absolute Gasteiger partial charge is 0.399 e. The van der Waals surface area contributed by atoms with Crippen molar-refractivity contribution < 1.29 is 4.79 Å². The predicted molar refractivity (Wildman–Crippen MR) is 76.1 cm³/mol. The molecule has 0 atom stereocenters. The fraction of sp³-hybridized carbons (Fsp3) is 0.533. The van der Waals surface area contributed by atoms with Gasteiger partial charge in [-0.1, -0.05) is 6.07 Å². The van der Waals surface area contributed by atoms with E-state index in [1.165, 1.54) is 12.8 Å². The number of carbonyl (C=O) groups is 1. The third-order valence-electron chi connectivity index (χ3n) is 4.16. The zero-order valence-corrected chi connectivity index (χ0v) is 11.4. The van der Waals surface area contributed by atoms with Crippen molar-refractivity contribution in [2.24, 2.45) is 0 Å². The minimum Gasteiger partial charge on any atom is -0.399 e. The summed E-state index contributed by atoms with van der Waals surface area (Å²) in [5, 5.41) is 0. The highest BCUT2D eigenvalue weighted by atomic mass is 16.2. The van der Waals surface area contributed by atoms with E-state index in [1.54, 1.807) is 6.07 Å². The van der Waals surface area contributed by atoms with Crippen molar-refractivity contribution in [2.75, 3.05) is 31.9 Å². The molecule has 3 rings (SSSR count). The number of nitrogens with two attached hydrogens (primary N) is 1. The lowest BCUT2D eigenvalue weighted by molar-refractivity contribution is 0.0626. The first-order valence-corrected chi connectivity index (χ1v) is 7.04. The van der Waals surface area contributed by atoms with Gasteiger partial charge in [0.05, 0.1) is 0 Å². The van der Waals surface area contributed by atoms with E-state index in [1.807, 2.05) is 24.0 Å². The molecule has 1 aromatic carbocycles. The molecule has 1 aromatic rings. The molecule has 2 fully saturated rings. The molecule has 102 valence electrons. The standard InChI is InChI=1S/C15H21N3O/c1-11-2-3-12(16)10-14(11)15(19)18-8-6-17(7-9-18)13-4-5-13/h2-3,10,13H,4-9,16H2,1H3. The summed E-state index contributed by atoms with van der Waals surface area (Å²) in [5.74, 6) is 0.125. The average molecular weight is 259 g/mol. The van der Waals surface area contributed by atoms with Crippen molar-refractivity contribution in [1.82, 2.24) is 9.80 Å². The maximum Gasteiger partial charge on any atom is 0.254 e. The second-order valence-corrected chi connectivity index (χ2v) is 5.63. The second kappa shape index (κ2) is 4.85. The van der Waals surface area contributed by atoms with Crippen LogP contribution in [0.25, 0.3) is 0 Å². The maximum absolute atomic E-state index is 12.5. The molecule has 1 saturated carbocycles. The molecule has 0 aromatic heterocycles. The molecule has 4 nitrogen and oxygen atoms in total. The summed E-state index contributed by atoms with van der Waals surface area (Å²) in [6, 6.07) is 6.36. The highest BCUT2D eigenvalue weighted by molar-refractivity contribution is 5.96. The second-order valence-electron chi connectivity index (χ2n) is 5.63. The monoisotopic (exact) mass is 259 g/mol. The molecule has 1 amide bonds. The van der Waals surface area contributed by atoms with E-state index in [2.05, 4.69) is 4.90 Å². The molecule has 0 spiro atoms. The Morgan fingerprint density at radius 2 is 1.89 bits per heavy atom. The molecule has 19 heavy (non-hydrogen) atoms. The number of nitrogen functional groups attached to an aromatic ring is 1. The molecule has 4 heteroatoms. The van der Waals surface area contributed by atoms with E-state index >= 15 is 0 Å². The number of nitrogens with zero attached hydrogens (tertiary/aromatic N) is 2. The summed E-state index contributed by atoms with van der Waals surface area (Å²) in [4.78, 5) is 17.0. The van der Waals surface area contributed by atoms with Gasteiger partial charge in [-0.25, -0.2) is 0 Å². The SMILES string of the molecule is Cc1ccc(N)cc1C(=O)N1CCN(C2CC2)CC1. The van der Waals surface area contributed by atoms with Crippen molar-refractivity contribution in [1.29, 1.82) is 0 Å². The van der Waals surface area contributed by atoms with Gasteiger partial charge in [0.15, 0.2) is 0 Å². The normalized spacial score (nSPS) is 20.6. The number of amides is 1. The highest BCUT2D eigenvalue weighted by Crippen LogP contribution is 2.27. The van der Waals surface area contributed by atoms with Crippen LogP contribution in [0.4, 0.5) is 5.69 Å². The van der Waals surface area contributed by atoms with Gasteiger partial charge in [0.2, 0.25) is 0 Å². The van der Waals surface area contributed by atoms with E-state index in [-0.39, 0.29) is 5.91 Å². The minimum absolute atomic E-state index is 0.125. The number of aryl methyl sites for hydroxylation is 1. The molecular formula is C15H21N3O. The van der Waals surface area contributed by atoms with Crippen LogP contribution in [0.2, 0.25) is 0 Å². The molecule has 2 aliphatic rings. The van der Waals surface area contributed by atoms with Crippen molar-refractivity contribution in [3.05, 3.63) is 29.3 Å². The van der Waals surface area contributed by atoms with Gasteiger partial charge in [0, 0.05) is 43.5 Å². The summed E-state index contributed by atoms with van der Waals surface area (Å²) in [6.45, 7) is 5.66. The summed E-state index contributed by atoms with van der Waals surface area (Å²) in [6.07, 6.45) is 2.67. The van der Waals surface area contributed by atoms with Crippen LogP contribution in [0, 0.1) is 6.92 Å². The topological polar surface area (TPSA) is 49.6 Å². The summed E-state index contributed by atoms with van der Waals surface area (Å²) in [7, 11) is 0. The van der Waals surface area contributed by atoms with Gasteiger partial charge in [-0.3, -0.25) is 9.69 Å². The summed E-state index contributed by atoms with van der Waals surface area (Å²) < 4.78 is 0. The fourth-order valence-corrected chi connectivity index (χ4v) is 2.77. The Hall–Kier alpha value is -1.55. The van der Waals surface area contributed by atoms with Gasteiger partial charge in [-0.05, 0) is 37.5 Å². The Morgan fingerprint density at radius 1 is 1.21 bits per heavy atom. The molecule has 0 radical (unpaired) electrons. The van der Waals surface area contributed by atoms with Gasteiger partial charge < -0.3 is 10.6 Å². The minimum atomic E-state index is 0.125. The number of benzene rings is 1. The maximum atomic E-state index is 12.5. The van der Waals surface area contributed by atoms with E-state index in [4.69, 9.17) is 5.73 Å². The van der Waals surface area contributed by atoms with Gasteiger partial charge in [-0.15, -0.1) is 0 Å². The van der Waals surface area contributed by atoms with Crippen LogP contribution >= 0.6 is 0 Å². The highest BCUT2D eigenvalue weighted by Gasteiger charge is 2.32. The van der Waals surface area contributed by atoms with Crippen LogP contribution in [0.1, 0.15) is 28.8 Å². The number of piperazine rings is 1. The molecule has 1 heterocycles. The van der Waals surface area contributed by atoms with Crippen molar-refractivity contribution >= 4 is 11.6 Å². The van der Waals surface area contributed by atoms with Crippen LogP contribution < -0.4 is 5.73 Å². The Labute approximate surface area is 114 Å². The quantitative estimate of drug-likeness (QED) is 0.819.